The number of aryl methyl sites for hydroxylation is 1. The van der Waals surface area contributed by atoms with Crippen LogP contribution in [-0.4, -0.2) is 47.3 Å². The Morgan fingerprint density at radius 2 is 2.16 bits per heavy atom. The number of thioether (sulfide) groups is 1. The SMILES string of the molecule is COc1cc(Cl)c(C)cc1NC(=O)CC1SC(N2CCCC2)=NC1=O. The van der Waals surface area contributed by atoms with Gasteiger partial charge in [0, 0.05) is 30.6 Å². The molecule has 0 aliphatic carbocycles. The van der Waals surface area contributed by atoms with E-state index in [-0.39, 0.29) is 18.2 Å². The number of ether oxygens (including phenoxy) is 1. The number of aliphatic imine (C=N–C) groups is 1. The van der Waals surface area contributed by atoms with E-state index in [1.54, 1.807) is 12.1 Å². The average Bonchev–Trinajstić information content (AvgIpc) is 3.21. The molecule has 2 aliphatic rings. The zero-order chi connectivity index (χ0) is 18.0. The number of hydrogen-bond donors (Lipinski definition) is 1. The third-order valence-electron chi connectivity index (χ3n) is 4.23. The lowest BCUT2D eigenvalue weighted by Crippen LogP contribution is -2.25. The molecule has 1 aromatic carbocycles. The second-order valence-corrected chi connectivity index (χ2v) is 7.66. The van der Waals surface area contributed by atoms with Crippen molar-refractivity contribution in [2.24, 2.45) is 4.99 Å². The Bertz CT molecular complexity index is 732. The van der Waals surface area contributed by atoms with Crippen LogP contribution in [0.15, 0.2) is 17.1 Å². The van der Waals surface area contributed by atoms with Gasteiger partial charge < -0.3 is 15.0 Å². The number of carbonyl (C=O) groups is 2. The van der Waals surface area contributed by atoms with Crippen LogP contribution < -0.4 is 10.1 Å². The minimum Gasteiger partial charge on any atom is -0.495 e. The predicted octanol–water partition coefficient (Wildman–Crippen LogP) is 3.08. The number of nitrogens with one attached hydrogen (secondary N) is 1. The number of amides is 2. The first-order valence-electron chi connectivity index (χ1n) is 8.16. The van der Waals surface area contributed by atoms with E-state index >= 15 is 0 Å². The van der Waals surface area contributed by atoms with Crippen LogP contribution in [0.25, 0.3) is 0 Å². The third kappa shape index (κ3) is 4.10. The molecule has 6 nitrogen and oxygen atoms in total. The molecule has 1 aromatic rings. The number of likely N-dealkylation sites (tertiary alicyclic amines) is 1. The Morgan fingerprint density at radius 1 is 1.44 bits per heavy atom. The lowest BCUT2D eigenvalue weighted by Gasteiger charge is -2.16. The number of anilines is 1. The maximum absolute atomic E-state index is 12.4. The van der Waals surface area contributed by atoms with Crippen molar-refractivity contribution in [3.8, 4) is 5.75 Å². The Morgan fingerprint density at radius 3 is 2.84 bits per heavy atom. The Hall–Kier alpha value is -1.73. The van der Waals surface area contributed by atoms with Crippen molar-refractivity contribution < 1.29 is 14.3 Å². The smallest absolute Gasteiger partial charge is 0.262 e. The molecule has 0 bridgehead atoms. The largest absolute Gasteiger partial charge is 0.495 e. The van der Waals surface area contributed by atoms with E-state index in [4.69, 9.17) is 16.3 Å². The highest BCUT2D eigenvalue weighted by Crippen LogP contribution is 2.32. The number of rotatable bonds is 4. The first-order chi connectivity index (χ1) is 12.0. The molecule has 8 heteroatoms. The summed E-state index contributed by atoms with van der Waals surface area (Å²) in [5.41, 5.74) is 1.38. The van der Waals surface area contributed by atoms with Crippen LogP contribution >= 0.6 is 23.4 Å². The monoisotopic (exact) mass is 381 g/mol. The van der Waals surface area contributed by atoms with Crippen molar-refractivity contribution in [2.45, 2.75) is 31.4 Å². The van der Waals surface area contributed by atoms with Crippen LogP contribution in [0.5, 0.6) is 5.75 Å². The summed E-state index contributed by atoms with van der Waals surface area (Å²) < 4.78 is 5.26. The second-order valence-electron chi connectivity index (χ2n) is 6.09. The Balaban J connectivity index is 1.62. The van der Waals surface area contributed by atoms with E-state index in [9.17, 15) is 9.59 Å². The standard InChI is InChI=1S/C17H20ClN3O3S/c1-10-7-12(13(24-2)8-11(10)18)19-15(22)9-14-16(23)20-17(25-14)21-5-3-4-6-21/h7-8,14H,3-6,9H2,1-2H3,(H,19,22). The summed E-state index contributed by atoms with van der Waals surface area (Å²) in [4.78, 5) is 30.7. The number of halogens is 1. The molecule has 25 heavy (non-hydrogen) atoms. The topological polar surface area (TPSA) is 71.0 Å². The fourth-order valence-electron chi connectivity index (χ4n) is 2.85. The summed E-state index contributed by atoms with van der Waals surface area (Å²) in [7, 11) is 1.52. The Labute approximate surface area is 156 Å². The van der Waals surface area contributed by atoms with E-state index in [0.717, 1.165) is 36.7 Å². The molecule has 1 N–H and O–H groups in total. The molecule has 2 amide bonds. The average molecular weight is 382 g/mol. The van der Waals surface area contributed by atoms with E-state index in [1.165, 1.54) is 18.9 Å². The highest BCUT2D eigenvalue weighted by molar-refractivity contribution is 8.15. The molecule has 1 fully saturated rings. The van der Waals surface area contributed by atoms with Crippen LogP contribution in [0.2, 0.25) is 5.02 Å². The number of benzene rings is 1. The molecular formula is C17H20ClN3O3S. The molecule has 0 spiro atoms. The van der Waals surface area contributed by atoms with Gasteiger partial charge in [0.2, 0.25) is 5.91 Å². The molecule has 2 aliphatic heterocycles. The van der Waals surface area contributed by atoms with E-state index in [0.29, 0.717) is 16.5 Å². The molecular weight excluding hydrogens is 362 g/mol. The summed E-state index contributed by atoms with van der Waals surface area (Å²) in [5, 5.41) is 3.67. The van der Waals surface area contributed by atoms with Gasteiger partial charge in [0.1, 0.15) is 11.0 Å². The number of amidine groups is 1. The van der Waals surface area contributed by atoms with Crippen molar-refractivity contribution in [3.05, 3.63) is 22.7 Å². The lowest BCUT2D eigenvalue weighted by molar-refractivity contribution is -0.121. The molecule has 134 valence electrons. The van der Waals surface area contributed by atoms with Crippen molar-refractivity contribution >= 4 is 46.0 Å². The Kier molecular flexibility index (Phi) is 5.54. The van der Waals surface area contributed by atoms with Gasteiger partial charge in [0.15, 0.2) is 5.17 Å². The molecule has 0 aromatic heterocycles. The minimum atomic E-state index is -0.463. The molecule has 0 saturated carbocycles. The number of carbonyl (C=O) groups excluding carboxylic acids is 2. The molecule has 0 radical (unpaired) electrons. The van der Waals surface area contributed by atoms with Crippen molar-refractivity contribution in [1.29, 1.82) is 0 Å². The van der Waals surface area contributed by atoms with Crippen molar-refractivity contribution in [1.82, 2.24) is 4.90 Å². The molecule has 3 rings (SSSR count). The van der Waals surface area contributed by atoms with Crippen LogP contribution in [0.1, 0.15) is 24.8 Å². The highest BCUT2D eigenvalue weighted by atomic mass is 35.5. The van der Waals surface area contributed by atoms with Crippen LogP contribution in [0.3, 0.4) is 0 Å². The first-order valence-corrected chi connectivity index (χ1v) is 9.42. The zero-order valence-corrected chi connectivity index (χ0v) is 15.7. The first kappa shape index (κ1) is 18.1. The van der Waals surface area contributed by atoms with Gasteiger partial charge in [-0.1, -0.05) is 23.4 Å². The predicted molar refractivity (Wildman–Crippen MR) is 101 cm³/mol. The van der Waals surface area contributed by atoms with Gasteiger partial charge >= 0.3 is 0 Å². The van der Waals surface area contributed by atoms with Crippen molar-refractivity contribution in [2.75, 3.05) is 25.5 Å². The van der Waals surface area contributed by atoms with E-state index in [2.05, 4.69) is 15.2 Å². The van der Waals surface area contributed by atoms with Gasteiger partial charge in [0.25, 0.3) is 5.91 Å². The van der Waals surface area contributed by atoms with Gasteiger partial charge in [-0.25, -0.2) is 0 Å². The minimum absolute atomic E-state index is 0.0785. The van der Waals surface area contributed by atoms with Gasteiger partial charge in [-0.3, -0.25) is 9.59 Å². The molecule has 1 saturated heterocycles. The fraction of sp³-hybridized carbons (Fsp3) is 0.471. The number of hydrogen-bond acceptors (Lipinski definition) is 5. The number of nitrogens with zero attached hydrogens (tertiary/aromatic N) is 2. The lowest BCUT2D eigenvalue weighted by atomic mass is 10.2. The van der Waals surface area contributed by atoms with Crippen LogP contribution in [0.4, 0.5) is 5.69 Å². The highest BCUT2D eigenvalue weighted by Gasteiger charge is 2.33. The normalized spacial score (nSPS) is 20.0. The summed E-state index contributed by atoms with van der Waals surface area (Å²) in [6.07, 6.45) is 2.32. The maximum Gasteiger partial charge on any atom is 0.262 e. The zero-order valence-electron chi connectivity index (χ0n) is 14.2. The fourth-order valence-corrected chi connectivity index (χ4v) is 4.12. The summed E-state index contributed by atoms with van der Waals surface area (Å²) >= 11 is 7.46. The van der Waals surface area contributed by atoms with Gasteiger partial charge in [-0.05, 0) is 31.4 Å². The molecule has 1 atom stereocenters. The maximum atomic E-state index is 12.4. The summed E-state index contributed by atoms with van der Waals surface area (Å²) in [5.74, 6) is 0.00778. The third-order valence-corrected chi connectivity index (χ3v) is 5.85. The van der Waals surface area contributed by atoms with Gasteiger partial charge in [-0.2, -0.15) is 4.99 Å². The van der Waals surface area contributed by atoms with E-state index in [1.807, 2.05) is 6.92 Å². The van der Waals surface area contributed by atoms with Crippen LogP contribution in [0, 0.1) is 6.92 Å². The van der Waals surface area contributed by atoms with E-state index < -0.39 is 5.25 Å². The van der Waals surface area contributed by atoms with Gasteiger partial charge in [0.05, 0.1) is 12.8 Å². The number of methoxy groups -OCH3 is 1. The summed E-state index contributed by atoms with van der Waals surface area (Å²) in [6, 6.07) is 3.42. The van der Waals surface area contributed by atoms with Crippen molar-refractivity contribution in [3.63, 3.8) is 0 Å². The molecule has 2 heterocycles. The van der Waals surface area contributed by atoms with Crippen LogP contribution in [-0.2, 0) is 9.59 Å². The molecule has 1 unspecified atom stereocenters. The van der Waals surface area contributed by atoms with Gasteiger partial charge in [-0.15, -0.1) is 0 Å². The summed E-state index contributed by atoms with van der Waals surface area (Å²) in [6.45, 7) is 3.71. The quantitative estimate of drug-likeness (QED) is 0.867. The second kappa shape index (κ2) is 7.66.